The lowest BCUT2D eigenvalue weighted by Crippen LogP contribution is -2.20. The highest BCUT2D eigenvalue weighted by Crippen LogP contribution is 2.28. The normalized spacial score (nSPS) is 11.0. The van der Waals surface area contributed by atoms with Gasteiger partial charge in [0.2, 0.25) is 5.91 Å². The minimum absolute atomic E-state index is 0.0643. The van der Waals surface area contributed by atoms with Crippen LogP contribution in [0.4, 0.5) is 17.6 Å². The van der Waals surface area contributed by atoms with Crippen LogP contribution in [-0.2, 0) is 16.1 Å². The van der Waals surface area contributed by atoms with Crippen LogP contribution in [0.1, 0.15) is 21.5 Å². The lowest BCUT2D eigenvalue weighted by Gasteiger charge is -2.11. The molecule has 0 atom stereocenters. The molecule has 0 aliphatic rings. The minimum atomic E-state index is -3.19. The Morgan fingerprint density at radius 2 is 1.67 bits per heavy atom. The molecule has 30 heavy (non-hydrogen) atoms. The molecule has 10 heteroatoms. The van der Waals surface area contributed by atoms with Crippen LogP contribution < -0.4 is 14.8 Å². The maximum atomic E-state index is 12.6. The van der Waals surface area contributed by atoms with E-state index in [2.05, 4.69) is 19.5 Å². The second-order valence-corrected chi connectivity index (χ2v) is 5.70. The van der Waals surface area contributed by atoms with Gasteiger partial charge in [-0.1, -0.05) is 12.1 Å². The molecule has 0 radical (unpaired) electrons. The first-order valence-corrected chi connectivity index (χ1v) is 8.45. The van der Waals surface area contributed by atoms with Gasteiger partial charge in [-0.05, 0) is 35.9 Å². The average molecular weight is 427 g/mol. The van der Waals surface area contributed by atoms with Crippen molar-refractivity contribution >= 4 is 18.0 Å². The molecule has 0 fully saturated rings. The van der Waals surface area contributed by atoms with E-state index in [0.717, 1.165) is 18.2 Å². The Kier molecular flexibility index (Phi) is 8.21. The summed E-state index contributed by atoms with van der Waals surface area (Å²) in [6.07, 6.45) is 2.27. The van der Waals surface area contributed by atoms with E-state index in [1.165, 1.54) is 19.3 Å². The molecule has 0 bridgehead atoms. The zero-order valence-corrected chi connectivity index (χ0v) is 15.6. The maximum Gasteiger partial charge on any atom is 0.387 e. The number of esters is 1. The van der Waals surface area contributed by atoms with E-state index in [1.807, 2.05) is 0 Å². The lowest BCUT2D eigenvalue weighted by molar-refractivity contribution is -0.116. The standard InChI is InChI=1S/C20H17F4NO5/c1-28-18(27)14-4-2-12(3-5-14)11-25-17(26)9-7-13-6-8-15(29-19(21)22)10-16(13)30-20(23)24/h2-10,19-20H,11H2,1H3,(H,25,26)/b9-7+. The maximum absolute atomic E-state index is 12.6. The van der Waals surface area contributed by atoms with E-state index in [-0.39, 0.29) is 17.9 Å². The molecule has 0 saturated carbocycles. The number of carbonyl (C=O) groups is 2. The van der Waals surface area contributed by atoms with Crippen LogP contribution in [0.15, 0.2) is 48.5 Å². The number of hydrogen-bond acceptors (Lipinski definition) is 5. The average Bonchev–Trinajstić information content (AvgIpc) is 2.70. The van der Waals surface area contributed by atoms with E-state index in [0.29, 0.717) is 11.1 Å². The quantitative estimate of drug-likeness (QED) is 0.372. The van der Waals surface area contributed by atoms with Gasteiger partial charge in [-0.2, -0.15) is 17.6 Å². The number of rotatable bonds is 9. The van der Waals surface area contributed by atoms with Gasteiger partial charge in [0, 0.05) is 24.3 Å². The van der Waals surface area contributed by atoms with Gasteiger partial charge in [-0.3, -0.25) is 4.79 Å². The first-order valence-electron chi connectivity index (χ1n) is 8.45. The van der Waals surface area contributed by atoms with E-state index in [4.69, 9.17) is 0 Å². The van der Waals surface area contributed by atoms with E-state index < -0.39 is 30.8 Å². The fraction of sp³-hybridized carbons (Fsp3) is 0.200. The molecule has 0 aromatic heterocycles. The molecule has 1 N–H and O–H groups in total. The second kappa shape index (κ2) is 10.8. The van der Waals surface area contributed by atoms with Gasteiger partial charge in [0.25, 0.3) is 0 Å². The summed E-state index contributed by atoms with van der Waals surface area (Å²) in [5.41, 5.74) is 1.13. The van der Waals surface area contributed by atoms with Crippen molar-refractivity contribution in [3.8, 4) is 11.5 Å². The number of hydrogen-bond donors (Lipinski definition) is 1. The Morgan fingerprint density at radius 1 is 1.00 bits per heavy atom. The molecule has 0 saturated heterocycles. The van der Waals surface area contributed by atoms with Crippen LogP contribution >= 0.6 is 0 Å². The molecule has 2 aromatic carbocycles. The third-order valence-corrected chi connectivity index (χ3v) is 3.68. The summed E-state index contributed by atoms with van der Waals surface area (Å²) in [4.78, 5) is 23.3. The van der Waals surface area contributed by atoms with Gasteiger partial charge in [0.1, 0.15) is 11.5 Å². The highest BCUT2D eigenvalue weighted by Gasteiger charge is 2.12. The van der Waals surface area contributed by atoms with Gasteiger partial charge in [0.15, 0.2) is 0 Å². The molecule has 2 rings (SSSR count). The zero-order valence-electron chi connectivity index (χ0n) is 15.6. The number of nitrogens with one attached hydrogen (secondary N) is 1. The molecular formula is C20H17F4NO5. The summed E-state index contributed by atoms with van der Waals surface area (Å²) in [6.45, 7) is -6.18. The Labute approximate surface area is 169 Å². The Bertz CT molecular complexity index is 901. The van der Waals surface area contributed by atoms with Gasteiger partial charge >= 0.3 is 19.2 Å². The fourth-order valence-corrected chi connectivity index (χ4v) is 2.32. The fourth-order valence-electron chi connectivity index (χ4n) is 2.32. The van der Waals surface area contributed by atoms with Crippen LogP contribution in [0.25, 0.3) is 6.08 Å². The summed E-state index contributed by atoms with van der Waals surface area (Å²) < 4.78 is 62.7. The van der Waals surface area contributed by atoms with Crippen LogP contribution in [0.3, 0.4) is 0 Å². The van der Waals surface area contributed by atoms with Crippen molar-refractivity contribution in [2.24, 2.45) is 0 Å². The van der Waals surface area contributed by atoms with Crippen molar-refractivity contribution in [3.63, 3.8) is 0 Å². The topological polar surface area (TPSA) is 73.9 Å². The monoisotopic (exact) mass is 427 g/mol. The molecule has 0 aliphatic heterocycles. The number of ether oxygens (including phenoxy) is 3. The second-order valence-electron chi connectivity index (χ2n) is 5.70. The zero-order chi connectivity index (χ0) is 22.1. The van der Waals surface area contributed by atoms with Crippen LogP contribution in [0.2, 0.25) is 0 Å². The largest absolute Gasteiger partial charge is 0.465 e. The number of amides is 1. The molecular weight excluding hydrogens is 410 g/mol. The first-order chi connectivity index (χ1) is 14.3. The van der Waals surface area contributed by atoms with E-state index in [9.17, 15) is 27.2 Å². The van der Waals surface area contributed by atoms with Gasteiger partial charge in [-0.25, -0.2) is 4.79 Å². The lowest BCUT2D eigenvalue weighted by atomic mass is 10.1. The van der Waals surface area contributed by atoms with Crippen LogP contribution in [-0.4, -0.2) is 32.2 Å². The van der Waals surface area contributed by atoms with Gasteiger partial charge < -0.3 is 19.5 Å². The third kappa shape index (κ3) is 7.12. The molecule has 2 aromatic rings. The van der Waals surface area contributed by atoms with Crippen molar-refractivity contribution in [1.82, 2.24) is 5.32 Å². The number of halogens is 4. The van der Waals surface area contributed by atoms with Crippen molar-refractivity contribution in [3.05, 3.63) is 65.2 Å². The summed E-state index contributed by atoms with van der Waals surface area (Å²) in [5, 5.41) is 2.57. The number of alkyl halides is 4. The van der Waals surface area contributed by atoms with Crippen LogP contribution in [0.5, 0.6) is 11.5 Å². The Hall–Kier alpha value is -3.56. The van der Waals surface area contributed by atoms with Crippen molar-refractivity contribution < 1.29 is 41.4 Å². The molecule has 0 unspecified atom stereocenters. The summed E-state index contributed by atoms with van der Waals surface area (Å²) in [7, 11) is 1.26. The number of carbonyl (C=O) groups excluding carboxylic acids is 2. The minimum Gasteiger partial charge on any atom is -0.465 e. The van der Waals surface area contributed by atoms with Crippen LogP contribution in [0, 0.1) is 0 Å². The summed E-state index contributed by atoms with van der Waals surface area (Å²) in [6, 6.07) is 9.55. The number of methoxy groups -OCH3 is 1. The highest BCUT2D eigenvalue weighted by molar-refractivity contribution is 5.92. The Morgan fingerprint density at radius 3 is 2.27 bits per heavy atom. The molecule has 0 aliphatic carbocycles. The summed E-state index contributed by atoms with van der Waals surface area (Å²) in [5.74, 6) is -1.81. The smallest absolute Gasteiger partial charge is 0.387 e. The van der Waals surface area contributed by atoms with Gasteiger partial charge in [0.05, 0.1) is 12.7 Å². The molecule has 1 amide bonds. The predicted molar refractivity (Wildman–Crippen MR) is 98.4 cm³/mol. The predicted octanol–water partition coefficient (Wildman–Crippen LogP) is 4.01. The van der Waals surface area contributed by atoms with E-state index in [1.54, 1.807) is 24.3 Å². The number of benzene rings is 2. The van der Waals surface area contributed by atoms with Gasteiger partial charge in [-0.15, -0.1) is 0 Å². The van der Waals surface area contributed by atoms with Crippen molar-refractivity contribution in [1.29, 1.82) is 0 Å². The van der Waals surface area contributed by atoms with Crippen molar-refractivity contribution in [2.75, 3.05) is 7.11 Å². The molecule has 0 heterocycles. The third-order valence-electron chi connectivity index (χ3n) is 3.68. The SMILES string of the molecule is COC(=O)c1ccc(CNC(=O)/C=C/c2ccc(OC(F)F)cc2OC(F)F)cc1. The molecule has 6 nitrogen and oxygen atoms in total. The molecule has 0 spiro atoms. The van der Waals surface area contributed by atoms with E-state index >= 15 is 0 Å². The Balaban J connectivity index is 2.01. The highest BCUT2D eigenvalue weighted by atomic mass is 19.3. The first kappa shape index (κ1) is 22.7. The summed E-state index contributed by atoms with van der Waals surface area (Å²) >= 11 is 0. The molecule has 160 valence electrons. The van der Waals surface area contributed by atoms with Crippen molar-refractivity contribution in [2.45, 2.75) is 19.8 Å².